The van der Waals surface area contributed by atoms with Crippen LogP contribution in [0.4, 0.5) is 0 Å². The Hall–Kier alpha value is -2.67. The zero-order valence-corrected chi connectivity index (χ0v) is 15.4. The molecule has 1 N–H and O–H groups in total. The predicted molar refractivity (Wildman–Crippen MR) is 103 cm³/mol. The number of ether oxygens (including phenoxy) is 3. The minimum atomic E-state index is -0.748. The van der Waals surface area contributed by atoms with Gasteiger partial charge in [-0.05, 0) is 42.1 Å². The maximum absolute atomic E-state index is 13.0. The number of fused-ring (bicyclic) bond motifs is 1. The third kappa shape index (κ3) is 4.19. The number of aliphatic hydroxyl groups excluding tert-OH is 1. The Bertz CT molecular complexity index is 948. The van der Waals surface area contributed by atoms with Crippen LogP contribution in [0.1, 0.15) is 18.3 Å². The molecule has 3 rings (SSSR count). The fraction of sp³-hybridized carbons (Fsp3) is 0.286. The second kappa shape index (κ2) is 8.81. The highest BCUT2D eigenvalue weighted by Gasteiger charge is 2.18. The van der Waals surface area contributed by atoms with E-state index >= 15 is 0 Å². The van der Waals surface area contributed by atoms with Crippen LogP contribution in [-0.4, -0.2) is 30.5 Å². The zero-order valence-electron chi connectivity index (χ0n) is 15.4. The summed E-state index contributed by atoms with van der Waals surface area (Å²) in [4.78, 5) is 13.0. The average Bonchev–Trinajstić information content (AvgIpc) is 2.70. The Morgan fingerprint density at radius 3 is 2.41 bits per heavy atom. The summed E-state index contributed by atoms with van der Waals surface area (Å²) >= 11 is 0. The Morgan fingerprint density at radius 1 is 1.00 bits per heavy atom. The summed E-state index contributed by atoms with van der Waals surface area (Å²) < 4.78 is 18.1. The highest BCUT2D eigenvalue weighted by molar-refractivity contribution is 5.81. The summed E-state index contributed by atoms with van der Waals surface area (Å²) in [6.45, 7) is 0.380. The molecule has 0 radical (unpaired) electrons. The topological polar surface area (TPSA) is 69.9 Å². The Balaban J connectivity index is 2.11. The number of benzene rings is 2. The molecular formula is C21H23NO5. The van der Waals surface area contributed by atoms with Gasteiger partial charge in [-0.1, -0.05) is 18.2 Å². The number of aromatic nitrogens is 1. The average molecular weight is 369 g/mol. The molecule has 3 aromatic rings. The Kier molecular flexibility index (Phi) is 6.24. The van der Waals surface area contributed by atoms with E-state index in [0.717, 1.165) is 16.7 Å². The van der Waals surface area contributed by atoms with E-state index in [1.165, 1.54) is 14.2 Å². The van der Waals surface area contributed by atoms with Crippen LogP contribution in [0.3, 0.4) is 0 Å². The molecule has 6 heteroatoms. The number of para-hydroxylation sites is 1. The van der Waals surface area contributed by atoms with E-state index in [1.807, 2.05) is 48.5 Å². The lowest BCUT2D eigenvalue weighted by atomic mass is 10.1. The van der Waals surface area contributed by atoms with Crippen LogP contribution in [0.5, 0.6) is 11.5 Å². The summed E-state index contributed by atoms with van der Waals surface area (Å²) in [5, 5.41) is 10.1. The van der Waals surface area contributed by atoms with E-state index in [0.29, 0.717) is 24.3 Å². The molecule has 0 saturated carbocycles. The zero-order chi connectivity index (χ0) is 19.2. The van der Waals surface area contributed by atoms with E-state index in [9.17, 15) is 9.90 Å². The molecule has 0 aliphatic rings. The van der Waals surface area contributed by atoms with E-state index < -0.39 is 6.29 Å². The molecule has 6 nitrogen and oxygen atoms in total. The van der Waals surface area contributed by atoms with Crippen molar-refractivity contribution in [3.05, 3.63) is 70.5 Å². The molecule has 0 aliphatic heterocycles. The number of aliphatic hydroxyl groups is 1. The van der Waals surface area contributed by atoms with Crippen molar-refractivity contribution in [3.8, 4) is 11.5 Å². The molecule has 142 valence electrons. The van der Waals surface area contributed by atoms with Crippen molar-refractivity contribution >= 4 is 10.9 Å². The highest BCUT2D eigenvalue weighted by Crippen LogP contribution is 2.27. The Morgan fingerprint density at radius 2 is 1.74 bits per heavy atom. The van der Waals surface area contributed by atoms with E-state index in [-0.39, 0.29) is 12.2 Å². The van der Waals surface area contributed by atoms with E-state index in [1.54, 1.807) is 10.6 Å². The largest absolute Gasteiger partial charge is 0.457 e. The quantitative estimate of drug-likeness (QED) is 0.616. The fourth-order valence-electron chi connectivity index (χ4n) is 3.03. The third-order valence-corrected chi connectivity index (χ3v) is 4.30. The monoisotopic (exact) mass is 369 g/mol. The number of hydrogen-bond donors (Lipinski definition) is 1. The van der Waals surface area contributed by atoms with Crippen molar-refractivity contribution in [2.24, 2.45) is 0 Å². The lowest BCUT2D eigenvalue weighted by molar-refractivity contribution is -0.106. The van der Waals surface area contributed by atoms with Gasteiger partial charge in [0.25, 0.3) is 5.56 Å². The number of rotatable bonds is 8. The van der Waals surface area contributed by atoms with Crippen molar-refractivity contribution in [1.82, 2.24) is 4.57 Å². The van der Waals surface area contributed by atoms with Crippen LogP contribution in [0.15, 0.2) is 59.4 Å². The first-order chi connectivity index (χ1) is 13.2. The Labute approximate surface area is 157 Å². The first kappa shape index (κ1) is 19.1. The van der Waals surface area contributed by atoms with Crippen LogP contribution in [0.2, 0.25) is 0 Å². The van der Waals surface area contributed by atoms with Gasteiger partial charge in [0.15, 0.2) is 6.29 Å². The van der Waals surface area contributed by atoms with Gasteiger partial charge in [-0.25, -0.2) is 0 Å². The number of hydrogen-bond acceptors (Lipinski definition) is 5. The van der Waals surface area contributed by atoms with Gasteiger partial charge in [-0.2, -0.15) is 0 Å². The highest BCUT2D eigenvalue weighted by atomic mass is 16.7. The van der Waals surface area contributed by atoms with Crippen molar-refractivity contribution in [3.63, 3.8) is 0 Å². The van der Waals surface area contributed by atoms with Gasteiger partial charge in [0.2, 0.25) is 0 Å². The number of nitrogens with zero attached hydrogens (tertiary/aromatic N) is 1. The smallest absolute Gasteiger partial charge is 0.259 e. The number of aryl methyl sites for hydroxylation is 1. The molecule has 0 spiro atoms. The van der Waals surface area contributed by atoms with Gasteiger partial charge in [-0.3, -0.25) is 4.79 Å². The first-order valence-corrected chi connectivity index (χ1v) is 8.74. The van der Waals surface area contributed by atoms with Gasteiger partial charge in [0.05, 0.1) is 11.1 Å². The maximum atomic E-state index is 13.0. The molecule has 0 atom stereocenters. The van der Waals surface area contributed by atoms with Gasteiger partial charge >= 0.3 is 0 Å². The molecular weight excluding hydrogens is 346 g/mol. The molecule has 0 bridgehead atoms. The van der Waals surface area contributed by atoms with Gasteiger partial charge < -0.3 is 23.9 Å². The van der Waals surface area contributed by atoms with Crippen molar-refractivity contribution in [2.75, 3.05) is 20.8 Å². The molecule has 0 fully saturated rings. The third-order valence-electron chi connectivity index (χ3n) is 4.30. The van der Waals surface area contributed by atoms with Gasteiger partial charge in [0, 0.05) is 33.4 Å². The predicted octanol–water partition coefficient (Wildman–Crippen LogP) is 3.47. The molecule has 27 heavy (non-hydrogen) atoms. The fourth-order valence-corrected chi connectivity index (χ4v) is 3.03. The molecule has 1 heterocycles. The maximum Gasteiger partial charge on any atom is 0.259 e. The minimum Gasteiger partial charge on any atom is -0.457 e. The van der Waals surface area contributed by atoms with Crippen LogP contribution in [0.25, 0.3) is 10.9 Å². The normalized spacial score (nSPS) is 11.3. The summed E-state index contributed by atoms with van der Waals surface area (Å²) in [7, 11) is 2.99. The molecule has 0 saturated heterocycles. The van der Waals surface area contributed by atoms with Crippen molar-refractivity contribution < 1.29 is 19.3 Å². The lowest BCUT2D eigenvalue weighted by Gasteiger charge is -2.18. The standard InChI is InChI=1S/C21H23NO5/c1-25-21(26-2)18-13-15-9-10-17(27-16-7-4-3-5-8-16)14-19(15)22(20(18)24)11-6-12-23/h3-5,7-10,13-14,21,23H,6,11-12H2,1-2H3. The molecule has 0 amide bonds. The molecule has 0 aliphatic carbocycles. The molecule has 2 aromatic carbocycles. The second-order valence-corrected chi connectivity index (χ2v) is 6.07. The first-order valence-electron chi connectivity index (χ1n) is 8.74. The second-order valence-electron chi connectivity index (χ2n) is 6.07. The lowest BCUT2D eigenvalue weighted by Crippen LogP contribution is -2.27. The van der Waals surface area contributed by atoms with Crippen molar-refractivity contribution in [2.45, 2.75) is 19.3 Å². The van der Waals surface area contributed by atoms with Gasteiger partial charge in [0.1, 0.15) is 11.5 Å². The SMILES string of the molecule is COC(OC)c1cc2ccc(Oc3ccccc3)cc2n(CCCO)c1=O. The summed E-state index contributed by atoms with van der Waals surface area (Å²) in [5.41, 5.74) is 0.945. The number of pyridine rings is 1. The number of methoxy groups -OCH3 is 2. The summed E-state index contributed by atoms with van der Waals surface area (Å²) in [6, 6.07) is 16.8. The van der Waals surface area contributed by atoms with E-state index in [2.05, 4.69) is 0 Å². The van der Waals surface area contributed by atoms with Crippen LogP contribution in [-0.2, 0) is 16.0 Å². The summed E-state index contributed by atoms with van der Waals surface area (Å²) in [6.07, 6.45) is -0.283. The van der Waals surface area contributed by atoms with Crippen LogP contribution >= 0.6 is 0 Å². The summed E-state index contributed by atoms with van der Waals surface area (Å²) in [5.74, 6) is 1.35. The van der Waals surface area contributed by atoms with E-state index in [4.69, 9.17) is 14.2 Å². The molecule has 0 unspecified atom stereocenters. The van der Waals surface area contributed by atoms with Crippen LogP contribution < -0.4 is 10.3 Å². The minimum absolute atomic E-state index is 0.00362. The van der Waals surface area contributed by atoms with Crippen molar-refractivity contribution in [1.29, 1.82) is 0 Å². The molecule has 1 aromatic heterocycles. The van der Waals surface area contributed by atoms with Gasteiger partial charge in [-0.15, -0.1) is 0 Å². The van der Waals surface area contributed by atoms with Crippen LogP contribution in [0, 0.1) is 0 Å².